The average Bonchev–Trinajstić information content (AvgIpc) is 2.84. The van der Waals surface area contributed by atoms with E-state index in [0.717, 1.165) is 6.42 Å². The fourth-order valence-corrected chi connectivity index (χ4v) is 5.51. The van der Waals surface area contributed by atoms with Gasteiger partial charge in [-0.05, 0) is 41.8 Å². The molecule has 2 heterocycles. The van der Waals surface area contributed by atoms with Crippen molar-refractivity contribution in [2.75, 3.05) is 11.4 Å². The first-order valence-electron chi connectivity index (χ1n) is 10.3. The number of aromatic nitrogens is 2. The van der Waals surface area contributed by atoms with Crippen LogP contribution in [0.5, 0.6) is 0 Å². The summed E-state index contributed by atoms with van der Waals surface area (Å²) in [6.45, 7) is 1.25. The molecule has 32 heavy (non-hydrogen) atoms. The molecule has 0 fully saturated rings. The van der Waals surface area contributed by atoms with E-state index in [2.05, 4.69) is 17.1 Å². The summed E-state index contributed by atoms with van der Waals surface area (Å²) in [4.78, 5) is 11.6. The zero-order valence-corrected chi connectivity index (χ0v) is 18.0. The number of anilines is 1. The van der Waals surface area contributed by atoms with Gasteiger partial charge in [-0.15, -0.1) is 0 Å². The van der Waals surface area contributed by atoms with Crippen molar-refractivity contribution in [3.8, 4) is 6.07 Å². The molecule has 1 aliphatic heterocycles. The van der Waals surface area contributed by atoms with Gasteiger partial charge >= 0.3 is 0 Å². The normalized spacial score (nSPS) is 14.5. The van der Waals surface area contributed by atoms with Gasteiger partial charge in [0.1, 0.15) is 5.69 Å². The van der Waals surface area contributed by atoms with E-state index in [4.69, 9.17) is 4.98 Å². The van der Waals surface area contributed by atoms with Gasteiger partial charge < -0.3 is 4.90 Å². The Morgan fingerprint density at radius 3 is 2.19 bits per heavy atom. The summed E-state index contributed by atoms with van der Waals surface area (Å²) in [5.74, 6) is 0.448. The third-order valence-corrected chi connectivity index (χ3v) is 7.63. The number of rotatable bonds is 4. The SMILES string of the molecule is N#CC(c1nc2ccccc2nc1N1CCc2ccccc2C1)S(=O)(=O)c1ccccc1. The molecule has 1 aromatic heterocycles. The van der Waals surface area contributed by atoms with E-state index in [9.17, 15) is 13.7 Å². The Balaban J connectivity index is 1.68. The maximum Gasteiger partial charge on any atom is 0.200 e. The van der Waals surface area contributed by atoms with Crippen molar-refractivity contribution in [2.24, 2.45) is 0 Å². The monoisotopic (exact) mass is 440 g/mol. The van der Waals surface area contributed by atoms with Crippen LogP contribution in [0.15, 0.2) is 83.8 Å². The molecule has 0 saturated carbocycles. The molecule has 1 aliphatic rings. The Hall–Kier alpha value is -3.76. The lowest BCUT2D eigenvalue weighted by atomic mass is 10.00. The number of fused-ring (bicyclic) bond motifs is 2. The fourth-order valence-electron chi connectivity index (χ4n) is 4.11. The van der Waals surface area contributed by atoms with Crippen molar-refractivity contribution < 1.29 is 8.42 Å². The van der Waals surface area contributed by atoms with Crippen molar-refractivity contribution in [2.45, 2.75) is 23.1 Å². The second kappa shape index (κ2) is 8.06. The first-order valence-corrected chi connectivity index (χ1v) is 11.9. The summed E-state index contributed by atoms with van der Waals surface area (Å²) < 4.78 is 26.8. The van der Waals surface area contributed by atoms with Crippen LogP contribution in [-0.2, 0) is 22.8 Å². The summed E-state index contributed by atoms with van der Waals surface area (Å²) in [6, 6.07) is 25.6. The molecule has 1 unspecified atom stereocenters. The molecule has 6 nitrogen and oxygen atoms in total. The molecule has 0 N–H and O–H groups in total. The largest absolute Gasteiger partial charge is 0.350 e. The number of nitriles is 1. The van der Waals surface area contributed by atoms with Crippen LogP contribution >= 0.6 is 0 Å². The van der Waals surface area contributed by atoms with Gasteiger partial charge in [0.2, 0.25) is 9.84 Å². The van der Waals surface area contributed by atoms with Gasteiger partial charge in [0.25, 0.3) is 0 Å². The Morgan fingerprint density at radius 2 is 1.47 bits per heavy atom. The van der Waals surface area contributed by atoms with Crippen molar-refractivity contribution in [1.29, 1.82) is 5.26 Å². The Labute approximate surface area is 186 Å². The molecule has 4 aromatic rings. The highest BCUT2D eigenvalue weighted by Gasteiger charge is 2.35. The Bertz CT molecular complexity index is 1450. The van der Waals surface area contributed by atoms with E-state index >= 15 is 0 Å². The molecule has 5 rings (SSSR count). The maximum absolute atomic E-state index is 13.4. The summed E-state index contributed by atoms with van der Waals surface area (Å²) in [7, 11) is -3.98. The first kappa shape index (κ1) is 20.2. The van der Waals surface area contributed by atoms with Gasteiger partial charge in [0, 0.05) is 13.1 Å². The lowest BCUT2D eigenvalue weighted by molar-refractivity contribution is 0.589. The number of sulfone groups is 1. The van der Waals surface area contributed by atoms with E-state index in [1.54, 1.807) is 24.3 Å². The predicted octanol–water partition coefficient (Wildman–Crippen LogP) is 4.23. The van der Waals surface area contributed by atoms with Crippen LogP contribution in [-0.4, -0.2) is 24.9 Å². The number of hydrogen-bond acceptors (Lipinski definition) is 6. The zero-order chi connectivity index (χ0) is 22.1. The van der Waals surface area contributed by atoms with Crippen LogP contribution in [0.2, 0.25) is 0 Å². The van der Waals surface area contributed by atoms with Gasteiger partial charge in [-0.25, -0.2) is 18.4 Å². The molecular formula is C25H20N4O2S. The van der Waals surface area contributed by atoms with Gasteiger partial charge in [-0.3, -0.25) is 0 Å². The molecule has 0 spiro atoms. The molecule has 0 amide bonds. The van der Waals surface area contributed by atoms with Crippen molar-refractivity contribution >= 4 is 26.7 Å². The highest BCUT2D eigenvalue weighted by Crippen LogP contribution is 2.35. The van der Waals surface area contributed by atoms with E-state index in [1.165, 1.54) is 23.3 Å². The smallest absolute Gasteiger partial charge is 0.200 e. The molecule has 0 saturated heterocycles. The molecule has 0 radical (unpaired) electrons. The molecule has 3 aromatic carbocycles. The molecule has 7 heteroatoms. The first-order chi connectivity index (χ1) is 15.6. The summed E-state index contributed by atoms with van der Waals surface area (Å²) >= 11 is 0. The Kier molecular flexibility index (Phi) is 5.08. The minimum absolute atomic E-state index is 0.0939. The Morgan fingerprint density at radius 1 is 0.844 bits per heavy atom. The molecule has 1 atom stereocenters. The second-order valence-corrected chi connectivity index (χ2v) is 9.76. The highest BCUT2D eigenvalue weighted by molar-refractivity contribution is 7.92. The van der Waals surface area contributed by atoms with Crippen molar-refractivity contribution in [3.05, 3.63) is 95.7 Å². The number of benzene rings is 3. The van der Waals surface area contributed by atoms with Gasteiger partial charge in [-0.1, -0.05) is 54.6 Å². The minimum Gasteiger partial charge on any atom is -0.350 e. The van der Waals surface area contributed by atoms with Crippen LogP contribution < -0.4 is 4.90 Å². The standard InChI is InChI=1S/C25H20N4O2S/c26-16-23(32(30,31)20-10-2-1-3-11-20)24-25(28-22-13-7-6-12-21(22)27-24)29-15-14-18-8-4-5-9-19(18)17-29/h1-13,23H,14-15,17H2. The van der Waals surface area contributed by atoms with E-state index in [1.807, 2.05) is 41.3 Å². The average molecular weight is 441 g/mol. The lowest BCUT2D eigenvalue weighted by Crippen LogP contribution is -2.33. The summed E-state index contributed by atoms with van der Waals surface area (Å²) in [5.41, 5.74) is 3.84. The minimum atomic E-state index is -3.98. The highest BCUT2D eigenvalue weighted by atomic mass is 32.2. The fraction of sp³-hybridized carbons (Fsp3) is 0.160. The van der Waals surface area contributed by atoms with Crippen molar-refractivity contribution in [1.82, 2.24) is 9.97 Å². The number of nitrogens with zero attached hydrogens (tertiary/aromatic N) is 4. The van der Waals surface area contributed by atoms with Gasteiger partial charge in [0.05, 0.1) is 22.0 Å². The summed E-state index contributed by atoms with van der Waals surface area (Å²) in [5, 5.41) is 8.55. The third-order valence-electron chi connectivity index (χ3n) is 5.76. The lowest BCUT2D eigenvalue weighted by Gasteiger charge is -2.31. The van der Waals surface area contributed by atoms with Crippen LogP contribution in [0.25, 0.3) is 11.0 Å². The quantitative estimate of drug-likeness (QED) is 0.472. The molecule has 0 aliphatic carbocycles. The number of para-hydroxylation sites is 2. The van der Waals surface area contributed by atoms with Crippen LogP contribution in [0.1, 0.15) is 22.1 Å². The van der Waals surface area contributed by atoms with E-state index in [0.29, 0.717) is 29.9 Å². The zero-order valence-electron chi connectivity index (χ0n) is 17.2. The van der Waals surface area contributed by atoms with Gasteiger partial charge in [0.15, 0.2) is 11.1 Å². The van der Waals surface area contributed by atoms with Crippen molar-refractivity contribution in [3.63, 3.8) is 0 Å². The van der Waals surface area contributed by atoms with Gasteiger partial charge in [-0.2, -0.15) is 5.26 Å². The molecule has 158 valence electrons. The van der Waals surface area contributed by atoms with Crippen LogP contribution in [0.4, 0.5) is 5.82 Å². The molecule has 0 bridgehead atoms. The topological polar surface area (TPSA) is 86.9 Å². The predicted molar refractivity (Wildman–Crippen MR) is 123 cm³/mol. The summed E-state index contributed by atoms with van der Waals surface area (Å²) in [6.07, 6.45) is 0.812. The third kappa shape index (κ3) is 3.49. The molecular weight excluding hydrogens is 420 g/mol. The maximum atomic E-state index is 13.4. The van der Waals surface area contributed by atoms with E-state index < -0.39 is 15.1 Å². The second-order valence-electron chi connectivity index (χ2n) is 7.73. The number of hydrogen-bond donors (Lipinski definition) is 0. The van der Waals surface area contributed by atoms with Crippen LogP contribution in [0, 0.1) is 11.3 Å². The van der Waals surface area contributed by atoms with E-state index in [-0.39, 0.29) is 10.6 Å². The van der Waals surface area contributed by atoms with Crippen LogP contribution in [0.3, 0.4) is 0 Å².